The molecule has 0 fully saturated rings. The first kappa shape index (κ1) is 36.6. The van der Waals surface area contributed by atoms with Crippen molar-refractivity contribution in [3.63, 3.8) is 0 Å². The molecule has 0 saturated heterocycles. The zero-order valence-electron chi connectivity index (χ0n) is 34.5. The standard InChI is InChI=1S/C62H40O/c1-5-16-41(17-6-1)48-33-36-54-55(38-48)59(53-35-32-49(42-18-7-2-8-19-42)39-56(53)61(54)52-27-15-25-44-20-13-14-26-51(44)52)46-30-28-43(29-31-46)50-34-37-58-57(40-50)60(45-21-9-3-10-22-45)62(63-58)47-23-11-4-12-24-47/h1-40H. The van der Waals surface area contributed by atoms with Gasteiger partial charge in [0.2, 0.25) is 0 Å². The van der Waals surface area contributed by atoms with E-state index in [0.717, 1.165) is 44.5 Å². The average molecular weight is 801 g/mol. The van der Waals surface area contributed by atoms with Gasteiger partial charge in [0.05, 0.1) is 0 Å². The summed E-state index contributed by atoms with van der Waals surface area (Å²) in [5.41, 5.74) is 16.2. The summed E-state index contributed by atoms with van der Waals surface area (Å²) in [5, 5.41) is 8.51. The summed E-state index contributed by atoms with van der Waals surface area (Å²) in [6.07, 6.45) is 0. The zero-order chi connectivity index (χ0) is 41.7. The molecule has 0 atom stereocenters. The third kappa shape index (κ3) is 6.42. The van der Waals surface area contributed by atoms with E-state index in [9.17, 15) is 0 Å². The highest BCUT2D eigenvalue weighted by Crippen LogP contribution is 2.48. The Morgan fingerprint density at radius 1 is 0.222 bits per heavy atom. The van der Waals surface area contributed by atoms with Gasteiger partial charge in [0.25, 0.3) is 0 Å². The summed E-state index contributed by atoms with van der Waals surface area (Å²) in [5.74, 6) is 0.889. The van der Waals surface area contributed by atoms with E-state index < -0.39 is 0 Å². The molecule has 1 heteroatoms. The lowest BCUT2D eigenvalue weighted by atomic mass is 9.82. The van der Waals surface area contributed by atoms with Gasteiger partial charge in [-0.1, -0.05) is 218 Å². The summed E-state index contributed by atoms with van der Waals surface area (Å²) in [4.78, 5) is 0. The fourth-order valence-electron chi connectivity index (χ4n) is 9.68. The van der Waals surface area contributed by atoms with Crippen molar-refractivity contribution in [3.8, 4) is 78.1 Å². The molecule has 0 aliphatic rings. The normalized spacial score (nSPS) is 11.5. The zero-order valence-corrected chi connectivity index (χ0v) is 34.5. The topological polar surface area (TPSA) is 13.1 Å². The highest BCUT2D eigenvalue weighted by molar-refractivity contribution is 6.24. The van der Waals surface area contributed by atoms with E-state index in [4.69, 9.17) is 4.42 Å². The van der Waals surface area contributed by atoms with Gasteiger partial charge in [-0.25, -0.2) is 0 Å². The van der Waals surface area contributed by atoms with Crippen LogP contribution in [0.25, 0.3) is 121 Å². The van der Waals surface area contributed by atoms with Crippen LogP contribution < -0.4 is 0 Å². The van der Waals surface area contributed by atoms with E-state index in [1.165, 1.54) is 76.8 Å². The molecule has 294 valence electrons. The molecule has 0 bridgehead atoms. The summed E-state index contributed by atoms with van der Waals surface area (Å²) in [6.45, 7) is 0. The molecular formula is C62H40O. The molecule has 0 N–H and O–H groups in total. The molecule has 0 saturated carbocycles. The minimum atomic E-state index is 0.876. The molecule has 12 rings (SSSR count). The van der Waals surface area contributed by atoms with Crippen LogP contribution in [0, 0.1) is 0 Å². The van der Waals surface area contributed by atoms with E-state index in [-0.39, 0.29) is 0 Å². The van der Waals surface area contributed by atoms with Crippen LogP contribution in [0.2, 0.25) is 0 Å². The maximum Gasteiger partial charge on any atom is 0.143 e. The lowest BCUT2D eigenvalue weighted by molar-refractivity contribution is 0.632. The number of benzene rings is 11. The Morgan fingerprint density at radius 2 is 0.651 bits per heavy atom. The minimum Gasteiger partial charge on any atom is -0.455 e. The monoisotopic (exact) mass is 800 g/mol. The van der Waals surface area contributed by atoms with Crippen molar-refractivity contribution < 1.29 is 4.42 Å². The molecule has 0 aliphatic heterocycles. The molecule has 0 radical (unpaired) electrons. The van der Waals surface area contributed by atoms with E-state index in [1.54, 1.807) is 0 Å². The van der Waals surface area contributed by atoms with Gasteiger partial charge in [-0.05, 0) is 118 Å². The Hall–Kier alpha value is -8.26. The molecule has 1 heterocycles. The Bertz CT molecular complexity index is 3620. The van der Waals surface area contributed by atoms with E-state index >= 15 is 0 Å². The van der Waals surface area contributed by atoms with Gasteiger partial charge in [0, 0.05) is 16.5 Å². The number of rotatable bonds is 7. The molecule has 1 aromatic heterocycles. The number of hydrogen-bond donors (Lipinski definition) is 0. The van der Waals surface area contributed by atoms with Crippen LogP contribution in [0.4, 0.5) is 0 Å². The van der Waals surface area contributed by atoms with Crippen molar-refractivity contribution in [2.75, 3.05) is 0 Å². The maximum absolute atomic E-state index is 6.63. The second kappa shape index (κ2) is 15.3. The number of fused-ring (bicyclic) bond motifs is 4. The van der Waals surface area contributed by atoms with Crippen molar-refractivity contribution in [2.24, 2.45) is 0 Å². The minimum absolute atomic E-state index is 0.876. The van der Waals surface area contributed by atoms with Gasteiger partial charge < -0.3 is 4.42 Å². The van der Waals surface area contributed by atoms with Gasteiger partial charge in [0.15, 0.2) is 0 Å². The first-order valence-corrected chi connectivity index (χ1v) is 21.7. The van der Waals surface area contributed by atoms with Crippen LogP contribution in [0.1, 0.15) is 0 Å². The van der Waals surface area contributed by atoms with E-state index in [0.29, 0.717) is 0 Å². The molecule has 0 unspecified atom stereocenters. The van der Waals surface area contributed by atoms with Gasteiger partial charge >= 0.3 is 0 Å². The molecule has 0 aliphatic carbocycles. The molecule has 0 spiro atoms. The van der Waals surface area contributed by atoms with Crippen LogP contribution in [0.5, 0.6) is 0 Å². The SMILES string of the molecule is c1ccc(-c2ccc3c(-c4cccc5ccccc45)c4cc(-c5ccccc5)ccc4c(-c4ccc(-c5ccc6oc(-c7ccccc7)c(-c7ccccc7)c6c5)cc4)c3c2)cc1. The highest BCUT2D eigenvalue weighted by Gasteiger charge is 2.21. The third-order valence-corrected chi connectivity index (χ3v) is 12.7. The molecule has 11 aromatic carbocycles. The summed E-state index contributed by atoms with van der Waals surface area (Å²) in [6, 6.07) is 87.9. The van der Waals surface area contributed by atoms with Gasteiger partial charge in [0.1, 0.15) is 11.3 Å². The van der Waals surface area contributed by atoms with Crippen molar-refractivity contribution in [1.82, 2.24) is 0 Å². The second-order valence-corrected chi connectivity index (χ2v) is 16.4. The molecule has 0 amide bonds. The van der Waals surface area contributed by atoms with Crippen molar-refractivity contribution in [1.29, 1.82) is 0 Å². The second-order valence-electron chi connectivity index (χ2n) is 16.4. The number of hydrogen-bond acceptors (Lipinski definition) is 1. The van der Waals surface area contributed by atoms with Crippen LogP contribution in [-0.4, -0.2) is 0 Å². The molecular weight excluding hydrogens is 761 g/mol. The Morgan fingerprint density at radius 3 is 1.29 bits per heavy atom. The predicted molar refractivity (Wildman–Crippen MR) is 267 cm³/mol. The molecule has 63 heavy (non-hydrogen) atoms. The fourth-order valence-corrected chi connectivity index (χ4v) is 9.68. The lowest BCUT2D eigenvalue weighted by Crippen LogP contribution is -1.93. The Labute approximate surface area is 366 Å². The van der Waals surface area contributed by atoms with Crippen LogP contribution >= 0.6 is 0 Å². The van der Waals surface area contributed by atoms with Gasteiger partial charge in [-0.2, -0.15) is 0 Å². The first-order valence-electron chi connectivity index (χ1n) is 21.7. The van der Waals surface area contributed by atoms with E-state index in [2.05, 4.69) is 237 Å². The van der Waals surface area contributed by atoms with Crippen LogP contribution in [-0.2, 0) is 0 Å². The van der Waals surface area contributed by atoms with Crippen LogP contribution in [0.15, 0.2) is 247 Å². The smallest absolute Gasteiger partial charge is 0.143 e. The van der Waals surface area contributed by atoms with Crippen molar-refractivity contribution in [3.05, 3.63) is 243 Å². The molecule has 12 aromatic rings. The van der Waals surface area contributed by atoms with Gasteiger partial charge in [-0.15, -0.1) is 0 Å². The Kier molecular flexibility index (Phi) is 8.90. The number of furan rings is 1. The average Bonchev–Trinajstić information content (AvgIpc) is 3.75. The Balaban J connectivity index is 1.08. The summed E-state index contributed by atoms with van der Waals surface area (Å²) < 4.78 is 6.63. The van der Waals surface area contributed by atoms with Crippen molar-refractivity contribution in [2.45, 2.75) is 0 Å². The summed E-state index contributed by atoms with van der Waals surface area (Å²) >= 11 is 0. The quantitative estimate of drug-likeness (QED) is 0.146. The van der Waals surface area contributed by atoms with Crippen molar-refractivity contribution >= 4 is 43.3 Å². The predicted octanol–water partition coefficient (Wildman–Crippen LogP) is 17.6. The summed E-state index contributed by atoms with van der Waals surface area (Å²) in [7, 11) is 0. The highest BCUT2D eigenvalue weighted by atomic mass is 16.3. The third-order valence-electron chi connectivity index (χ3n) is 12.7. The van der Waals surface area contributed by atoms with E-state index in [1.807, 2.05) is 6.07 Å². The maximum atomic E-state index is 6.63. The van der Waals surface area contributed by atoms with Gasteiger partial charge in [-0.3, -0.25) is 0 Å². The first-order chi connectivity index (χ1) is 31.2. The fraction of sp³-hybridized carbons (Fsp3) is 0. The lowest BCUT2D eigenvalue weighted by Gasteiger charge is -2.20. The largest absolute Gasteiger partial charge is 0.455 e. The molecule has 1 nitrogen and oxygen atoms in total. The van der Waals surface area contributed by atoms with Crippen LogP contribution in [0.3, 0.4) is 0 Å².